The summed E-state index contributed by atoms with van der Waals surface area (Å²) in [4.78, 5) is 12.8. The van der Waals surface area contributed by atoms with Crippen LogP contribution in [0.1, 0.15) is 37.0 Å². The Hall–Kier alpha value is -1.02. The lowest BCUT2D eigenvalue weighted by Gasteiger charge is -2.03. The minimum absolute atomic E-state index is 0.235. The van der Waals surface area contributed by atoms with E-state index >= 15 is 0 Å². The van der Waals surface area contributed by atoms with Crippen LogP contribution in [0.2, 0.25) is 0 Å². The van der Waals surface area contributed by atoms with Gasteiger partial charge in [0.15, 0.2) is 5.78 Å². The molecule has 0 unspecified atom stereocenters. The van der Waals surface area contributed by atoms with Crippen LogP contribution in [0, 0.1) is 0 Å². The zero-order valence-corrected chi connectivity index (χ0v) is 10.8. The number of rotatable bonds is 6. The number of hydrogen-bond donors (Lipinski definition) is 0. The Morgan fingerprint density at radius 3 is 2.44 bits per heavy atom. The van der Waals surface area contributed by atoms with Crippen LogP contribution in [0.25, 0.3) is 0 Å². The summed E-state index contributed by atoms with van der Waals surface area (Å²) in [7, 11) is 0. The first kappa shape index (κ1) is 13.0. The normalized spacial score (nSPS) is 10.1. The zero-order chi connectivity index (χ0) is 12.0. The molecule has 1 aromatic rings. The minimum Gasteiger partial charge on any atom is -0.294 e. The molecule has 0 N–H and O–H groups in total. The summed E-state index contributed by atoms with van der Waals surface area (Å²) in [5.41, 5.74) is 1.98. The molecular formula is C14H18OS. The molecule has 1 aromatic carbocycles. The maximum Gasteiger partial charge on any atom is 0.162 e. The van der Waals surface area contributed by atoms with Gasteiger partial charge >= 0.3 is 0 Å². The van der Waals surface area contributed by atoms with Crippen molar-refractivity contribution in [2.75, 3.05) is 5.75 Å². The Labute approximate surface area is 102 Å². The molecule has 0 amide bonds. The number of ketones is 1. The molecule has 0 saturated heterocycles. The van der Waals surface area contributed by atoms with E-state index in [1.165, 1.54) is 4.90 Å². The lowest BCUT2D eigenvalue weighted by atomic mass is 10.1. The number of carbonyl (C=O) groups is 1. The molecule has 0 fully saturated rings. The second-order valence-corrected chi connectivity index (χ2v) is 4.99. The molecule has 0 spiro atoms. The van der Waals surface area contributed by atoms with E-state index in [0.29, 0.717) is 6.42 Å². The van der Waals surface area contributed by atoms with Gasteiger partial charge in [-0.05, 0) is 25.5 Å². The van der Waals surface area contributed by atoms with Crippen molar-refractivity contribution >= 4 is 17.5 Å². The van der Waals surface area contributed by atoms with E-state index in [1.807, 2.05) is 38.1 Å². The Kier molecular flexibility index (Phi) is 5.33. The van der Waals surface area contributed by atoms with Crippen LogP contribution >= 0.6 is 11.8 Å². The average molecular weight is 234 g/mol. The van der Waals surface area contributed by atoms with E-state index in [9.17, 15) is 4.79 Å². The summed E-state index contributed by atoms with van der Waals surface area (Å²) in [6, 6.07) is 7.85. The van der Waals surface area contributed by atoms with Gasteiger partial charge in [0.05, 0.1) is 0 Å². The van der Waals surface area contributed by atoms with Gasteiger partial charge in [-0.3, -0.25) is 4.79 Å². The molecule has 16 heavy (non-hydrogen) atoms. The molecule has 2 heteroatoms. The fourth-order valence-electron chi connectivity index (χ4n) is 1.31. The molecule has 0 heterocycles. The van der Waals surface area contributed by atoms with E-state index in [0.717, 1.165) is 23.3 Å². The van der Waals surface area contributed by atoms with Gasteiger partial charge in [0, 0.05) is 22.6 Å². The van der Waals surface area contributed by atoms with Gasteiger partial charge < -0.3 is 0 Å². The second kappa shape index (κ2) is 6.54. The first-order valence-electron chi connectivity index (χ1n) is 5.54. The third-order valence-corrected chi connectivity index (χ3v) is 3.38. The second-order valence-electron chi connectivity index (χ2n) is 3.94. The third kappa shape index (κ3) is 4.23. The molecular weight excluding hydrogens is 216 g/mol. The first-order valence-corrected chi connectivity index (χ1v) is 6.52. The molecule has 0 aromatic heterocycles. The molecule has 0 aliphatic heterocycles. The highest BCUT2D eigenvalue weighted by molar-refractivity contribution is 7.99. The van der Waals surface area contributed by atoms with E-state index in [1.54, 1.807) is 11.8 Å². The van der Waals surface area contributed by atoms with E-state index in [2.05, 4.69) is 6.58 Å². The van der Waals surface area contributed by atoms with Crippen molar-refractivity contribution in [1.29, 1.82) is 0 Å². The topological polar surface area (TPSA) is 17.1 Å². The summed E-state index contributed by atoms with van der Waals surface area (Å²) in [5, 5.41) is 0. The molecule has 86 valence electrons. The van der Waals surface area contributed by atoms with Crippen molar-refractivity contribution in [2.45, 2.75) is 31.6 Å². The highest BCUT2D eigenvalue weighted by Gasteiger charge is 2.03. The maximum atomic E-state index is 11.6. The average Bonchev–Trinajstić information content (AvgIpc) is 2.27. The quantitative estimate of drug-likeness (QED) is 0.414. The molecule has 0 bridgehead atoms. The molecule has 0 atom stereocenters. The monoisotopic (exact) mass is 234 g/mol. The number of benzene rings is 1. The fraction of sp³-hybridized carbons (Fsp3) is 0.357. The van der Waals surface area contributed by atoms with Crippen molar-refractivity contribution in [3.8, 4) is 0 Å². The molecule has 0 aliphatic rings. The predicted octanol–water partition coefficient (Wildman–Crippen LogP) is 4.34. The summed E-state index contributed by atoms with van der Waals surface area (Å²) in [6.07, 6.45) is 1.54. The van der Waals surface area contributed by atoms with Crippen molar-refractivity contribution in [2.24, 2.45) is 0 Å². The molecule has 0 radical (unpaired) electrons. The van der Waals surface area contributed by atoms with Crippen molar-refractivity contribution in [3.63, 3.8) is 0 Å². The largest absolute Gasteiger partial charge is 0.294 e. The number of Topliss-reactive ketones (excluding diaryl/α,β-unsaturated/α-hetero) is 1. The Balaban J connectivity index is 2.60. The van der Waals surface area contributed by atoms with Gasteiger partial charge in [0.1, 0.15) is 0 Å². The van der Waals surface area contributed by atoms with E-state index in [-0.39, 0.29) is 5.78 Å². The first-order chi connectivity index (χ1) is 7.63. The number of hydrogen-bond acceptors (Lipinski definition) is 2. The van der Waals surface area contributed by atoms with Gasteiger partial charge in [0.25, 0.3) is 0 Å². The van der Waals surface area contributed by atoms with Crippen molar-refractivity contribution in [1.82, 2.24) is 0 Å². The van der Waals surface area contributed by atoms with Crippen molar-refractivity contribution < 1.29 is 4.79 Å². The minimum atomic E-state index is 0.235. The standard InChI is InChI=1S/C14H18OS/c1-4-5-14(15)12-6-8-13(9-7-12)16-10-11(2)3/h6-9H,2,4-5,10H2,1,3H3. The van der Waals surface area contributed by atoms with Gasteiger partial charge in [-0.2, -0.15) is 0 Å². The molecule has 1 nitrogen and oxygen atoms in total. The summed E-state index contributed by atoms with van der Waals surface area (Å²) in [5.74, 6) is 1.17. The van der Waals surface area contributed by atoms with E-state index in [4.69, 9.17) is 0 Å². The molecule has 1 rings (SSSR count). The highest BCUT2D eigenvalue weighted by atomic mass is 32.2. The van der Waals surface area contributed by atoms with Crippen molar-refractivity contribution in [3.05, 3.63) is 42.0 Å². The number of thioether (sulfide) groups is 1. The van der Waals surface area contributed by atoms with Crippen LogP contribution in [0.3, 0.4) is 0 Å². The Bertz CT molecular complexity index is 365. The van der Waals surface area contributed by atoms with Crippen LogP contribution in [0.5, 0.6) is 0 Å². The van der Waals surface area contributed by atoms with Crippen LogP contribution in [0.15, 0.2) is 41.3 Å². The summed E-state index contributed by atoms with van der Waals surface area (Å²) < 4.78 is 0. The van der Waals surface area contributed by atoms with Crippen LogP contribution in [-0.4, -0.2) is 11.5 Å². The van der Waals surface area contributed by atoms with E-state index < -0.39 is 0 Å². The Morgan fingerprint density at radius 1 is 1.31 bits per heavy atom. The maximum absolute atomic E-state index is 11.6. The third-order valence-electron chi connectivity index (χ3n) is 2.14. The van der Waals surface area contributed by atoms with Crippen LogP contribution in [-0.2, 0) is 0 Å². The van der Waals surface area contributed by atoms with Gasteiger partial charge in [-0.25, -0.2) is 0 Å². The molecule has 0 aliphatic carbocycles. The predicted molar refractivity (Wildman–Crippen MR) is 71.2 cm³/mol. The number of carbonyl (C=O) groups excluding carboxylic acids is 1. The smallest absolute Gasteiger partial charge is 0.162 e. The van der Waals surface area contributed by atoms with Gasteiger partial charge in [0.2, 0.25) is 0 Å². The summed E-state index contributed by atoms with van der Waals surface area (Å²) >= 11 is 1.75. The molecule has 0 saturated carbocycles. The SMILES string of the molecule is C=C(C)CSc1ccc(C(=O)CCC)cc1. The van der Waals surface area contributed by atoms with Crippen LogP contribution in [0.4, 0.5) is 0 Å². The zero-order valence-electron chi connectivity index (χ0n) is 9.95. The van der Waals surface area contributed by atoms with Crippen LogP contribution < -0.4 is 0 Å². The lowest BCUT2D eigenvalue weighted by Crippen LogP contribution is -1.97. The lowest BCUT2D eigenvalue weighted by molar-refractivity contribution is 0.0981. The Morgan fingerprint density at radius 2 is 1.94 bits per heavy atom. The summed E-state index contributed by atoms with van der Waals surface area (Å²) in [6.45, 7) is 7.91. The van der Waals surface area contributed by atoms with Gasteiger partial charge in [-0.15, -0.1) is 11.8 Å². The van der Waals surface area contributed by atoms with Gasteiger partial charge in [-0.1, -0.05) is 31.2 Å². The highest BCUT2D eigenvalue weighted by Crippen LogP contribution is 2.20. The fourth-order valence-corrected chi connectivity index (χ4v) is 2.06.